The van der Waals surface area contributed by atoms with Crippen molar-refractivity contribution in [2.24, 2.45) is 0 Å². The lowest BCUT2D eigenvalue weighted by Crippen LogP contribution is -2.40. The average molecular weight is 460 g/mol. The number of hydrogen-bond acceptors (Lipinski definition) is 4. The monoisotopic (exact) mass is 459 g/mol. The number of nitrogens with zero attached hydrogens (tertiary/aromatic N) is 5. The van der Waals surface area contributed by atoms with Gasteiger partial charge in [-0.15, -0.1) is 4.80 Å². The van der Waals surface area contributed by atoms with Crippen LogP contribution in [0.1, 0.15) is 36.7 Å². The van der Waals surface area contributed by atoms with Gasteiger partial charge in [0.05, 0.1) is 45.2 Å². The fourth-order valence-electron chi connectivity index (χ4n) is 4.47. The Morgan fingerprint density at radius 1 is 1.22 bits per heavy atom. The number of imidazole rings is 1. The second kappa shape index (κ2) is 7.23. The Labute approximate surface area is 187 Å². The summed E-state index contributed by atoms with van der Waals surface area (Å²) >= 11 is 5.92. The van der Waals surface area contributed by atoms with Gasteiger partial charge in [0, 0.05) is 12.6 Å². The molecule has 0 saturated carbocycles. The van der Waals surface area contributed by atoms with Gasteiger partial charge < -0.3 is 9.88 Å². The number of alkyl halides is 3. The maximum Gasteiger partial charge on any atom is 0.417 e. The third kappa shape index (κ3) is 3.23. The molecule has 10 heteroatoms. The SMILES string of the molecule is Cc1cc[c]c(-n2nccn2)c1N1CCC[C@@]1(C)c1nc2cc(C(F)(F)F)c(Cl)cc2[nH]1. The number of hydrogen-bond donors (Lipinski definition) is 1. The van der Waals surface area contributed by atoms with Gasteiger partial charge in [0.15, 0.2) is 0 Å². The van der Waals surface area contributed by atoms with Crippen molar-refractivity contribution in [1.29, 1.82) is 0 Å². The van der Waals surface area contributed by atoms with Crippen LogP contribution in [0.2, 0.25) is 5.02 Å². The highest BCUT2D eigenvalue weighted by Gasteiger charge is 2.43. The van der Waals surface area contributed by atoms with Gasteiger partial charge in [0.2, 0.25) is 0 Å². The standard InChI is InChI=1S/C22H19ClF3N6/c1-13-5-3-6-18(32-27-8-9-28-32)19(13)31-10-4-7-21(31,2)20-29-16-11-14(22(24,25)26)15(23)12-17(16)30-20/h3,5,8-9,11-12H,4,7,10H2,1-2H3,(H,29,30)/t21-/m0/s1. The maximum atomic E-state index is 13.3. The van der Waals surface area contributed by atoms with E-state index in [-0.39, 0.29) is 10.5 Å². The quantitative estimate of drug-likeness (QED) is 0.443. The molecule has 1 atom stereocenters. The van der Waals surface area contributed by atoms with Crippen molar-refractivity contribution in [2.75, 3.05) is 11.4 Å². The summed E-state index contributed by atoms with van der Waals surface area (Å²) < 4.78 is 40.0. The summed E-state index contributed by atoms with van der Waals surface area (Å²) in [6.45, 7) is 4.79. The highest BCUT2D eigenvalue weighted by Crippen LogP contribution is 2.45. The first-order valence-corrected chi connectivity index (χ1v) is 10.5. The summed E-state index contributed by atoms with van der Waals surface area (Å²) in [7, 11) is 0. The van der Waals surface area contributed by atoms with Crippen LogP contribution in [0.5, 0.6) is 0 Å². The second-order valence-corrected chi connectivity index (χ2v) is 8.55. The first-order valence-electron chi connectivity index (χ1n) is 10.1. The molecule has 0 aliphatic carbocycles. The topological polar surface area (TPSA) is 62.6 Å². The summed E-state index contributed by atoms with van der Waals surface area (Å²) in [6.07, 6.45) is 0.320. The summed E-state index contributed by atoms with van der Waals surface area (Å²) in [5.41, 5.74) is 1.87. The van der Waals surface area contributed by atoms with E-state index < -0.39 is 17.3 Å². The number of aromatic nitrogens is 5. The van der Waals surface area contributed by atoms with Crippen LogP contribution in [-0.2, 0) is 11.7 Å². The van der Waals surface area contributed by atoms with Crippen molar-refractivity contribution in [3.05, 3.63) is 64.7 Å². The van der Waals surface area contributed by atoms with Gasteiger partial charge in [0.1, 0.15) is 11.5 Å². The third-order valence-corrected chi connectivity index (χ3v) is 6.38. The van der Waals surface area contributed by atoms with E-state index in [4.69, 9.17) is 11.6 Å². The summed E-state index contributed by atoms with van der Waals surface area (Å²) in [5, 5.41) is 8.17. The number of fused-ring (bicyclic) bond motifs is 1. The molecule has 4 aromatic rings. The number of halogens is 4. The zero-order chi connectivity index (χ0) is 22.7. The van der Waals surface area contributed by atoms with Gasteiger partial charge in [-0.1, -0.05) is 23.7 Å². The Balaban J connectivity index is 1.64. The van der Waals surface area contributed by atoms with E-state index in [1.165, 1.54) is 10.9 Å². The number of aromatic amines is 1. The van der Waals surface area contributed by atoms with Gasteiger partial charge in [-0.05, 0) is 44.4 Å². The lowest BCUT2D eigenvalue weighted by atomic mass is 9.96. The molecule has 6 nitrogen and oxygen atoms in total. The van der Waals surface area contributed by atoms with Crippen LogP contribution in [0.15, 0.2) is 36.7 Å². The number of nitrogens with one attached hydrogen (secondary N) is 1. The molecule has 1 saturated heterocycles. The molecule has 0 spiro atoms. The minimum atomic E-state index is -4.55. The van der Waals surface area contributed by atoms with Crippen LogP contribution < -0.4 is 4.90 Å². The number of rotatable bonds is 3. The molecule has 1 aliphatic heterocycles. The van der Waals surface area contributed by atoms with Gasteiger partial charge in [-0.25, -0.2) is 4.98 Å². The predicted molar refractivity (Wildman–Crippen MR) is 115 cm³/mol. The highest BCUT2D eigenvalue weighted by molar-refractivity contribution is 6.32. The van der Waals surface area contributed by atoms with Crippen LogP contribution in [0.25, 0.3) is 16.7 Å². The molecule has 1 N–H and O–H groups in total. The van der Waals surface area contributed by atoms with E-state index >= 15 is 0 Å². The van der Waals surface area contributed by atoms with Gasteiger partial charge in [0.25, 0.3) is 0 Å². The first kappa shape index (κ1) is 20.8. The fraction of sp³-hybridized carbons (Fsp3) is 0.318. The van der Waals surface area contributed by atoms with Crippen molar-refractivity contribution in [3.63, 3.8) is 0 Å². The Morgan fingerprint density at radius 2 is 1.97 bits per heavy atom. The largest absolute Gasteiger partial charge is 0.417 e. The lowest BCUT2D eigenvalue weighted by Gasteiger charge is -2.37. The van der Waals surface area contributed by atoms with Crippen molar-refractivity contribution in [1.82, 2.24) is 25.0 Å². The van der Waals surface area contributed by atoms with Crippen LogP contribution >= 0.6 is 11.6 Å². The van der Waals surface area contributed by atoms with Gasteiger partial charge in [-0.2, -0.15) is 23.4 Å². The van der Waals surface area contributed by atoms with E-state index in [1.807, 2.05) is 26.0 Å². The maximum absolute atomic E-state index is 13.3. The first-order chi connectivity index (χ1) is 15.2. The second-order valence-electron chi connectivity index (χ2n) is 8.14. The van der Waals surface area contributed by atoms with Gasteiger partial charge >= 0.3 is 6.18 Å². The van der Waals surface area contributed by atoms with Crippen molar-refractivity contribution in [2.45, 2.75) is 38.4 Å². The Kier molecular flexibility index (Phi) is 4.70. The average Bonchev–Trinajstić information content (AvgIpc) is 3.46. The number of H-pyrrole nitrogens is 1. The number of aryl methyl sites for hydroxylation is 1. The molecular weight excluding hydrogens is 441 g/mol. The summed E-state index contributed by atoms with van der Waals surface area (Å²) in [6, 6.07) is 9.31. The van der Waals surface area contributed by atoms with E-state index in [0.717, 1.165) is 36.7 Å². The molecule has 1 fully saturated rings. The molecule has 2 aromatic carbocycles. The zero-order valence-corrected chi connectivity index (χ0v) is 18.1. The van der Waals surface area contributed by atoms with Crippen LogP contribution in [-0.4, -0.2) is 31.5 Å². The van der Waals surface area contributed by atoms with Crippen LogP contribution in [0, 0.1) is 13.0 Å². The van der Waals surface area contributed by atoms with E-state index in [2.05, 4.69) is 31.1 Å². The van der Waals surface area contributed by atoms with Crippen molar-refractivity contribution in [3.8, 4) is 5.69 Å². The fourth-order valence-corrected chi connectivity index (χ4v) is 4.75. The molecule has 1 radical (unpaired) electrons. The predicted octanol–water partition coefficient (Wildman–Crippen LogP) is 5.44. The minimum Gasteiger partial charge on any atom is -0.357 e. The minimum absolute atomic E-state index is 0.232. The van der Waals surface area contributed by atoms with Crippen molar-refractivity contribution < 1.29 is 13.2 Å². The van der Waals surface area contributed by atoms with E-state index in [1.54, 1.807) is 12.4 Å². The van der Waals surface area contributed by atoms with Gasteiger partial charge in [-0.3, -0.25) is 0 Å². The summed E-state index contributed by atoms with van der Waals surface area (Å²) in [4.78, 5) is 11.5. The number of benzene rings is 2. The molecule has 2 aromatic heterocycles. The zero-order valence-electron chi connectivity index (χ0n) is 17.3. The molecule has 32 heavy (non-hydrogen) atoms. The summed E-state index contributed by atoms with van der Waals surface area (Å²) in [5.74, 6) is 0.586. The third-order valence-electron chi connectivity index (χ3n) is 6.07. The smallest absolute Gasteiger partial charge is 0.357 e. The molecule has 1 aliphatic rings. The lowest BCUT2D eigenvalue weighted by molar-refractivity contribution is -0.137. The molecule has 0 unspecified atom stereocenters. The normalized spacial score (nSPS) is 19.2. The number of anilines is 1. The molecule has 3 heterocycles. The molecule has 0 amide bonds. The van der Waals surface area contributed by atoms with Crippen molar-refractivity contribution >= 4 is 28.3 Å². The van der Waals surface area contributed by atoms with Crippen LogP contribution in [0.4, 0.5) is 18.9 Å². The molecule has 5 rings (SSSR count). The van der Waals surface area contributed by atoms with E-state index in [9.17, 15) is 13.2 Å². The Morgan fingerprint density at radius 3 is 2.69 bits per heavy atom. The molecule has 0 bridgehead atoms. The molecule has 165 valence electrons. The Bertz CT molecular complexity index is 1300. The Hall–Kier alpha value is -3.07. The highest BCUT2D eigenvalue weighted by atomic mass is 35.5. The molecular formula is C22H19ClF3N6. The van der Waals surface area contributed by atoms with E-state index in [0.29, 0.717) is 17.0 Å². The van der Waals surface area contributed by atoms with Crippen LogP contribution in [0.3, 0.4) is 0 Å².